The van der Waals surface area contributed by atoms with Crippen molar-refractivity contribution in [1.82, 2.24) is 10.4 Å². The van der Waals surface area contributed by atoms with E-state index in [0.29, 0.717) is 44.4 Å². The summed E-state index contributed by atoms with van der Waals surface area (Å²) >= 11 is 10.9. The van der Waals surface area contributed by atoms with Crippen LogP contribution in [0.1, 0.15) is 22.8 Å². The first-order valence-corrected chi connectivity index (χ1v) is 15.9. The summed E-state index contributed by atoms with van der Waals surface area (Å²) in [5.74, 6) is -0.510. The number of thiazole rings is 1. The average Bonchev–Trinajstić information content (AvgIpc) is 3.51. The molecule has 1 aromatic heterocycles. The quantitative estimate of drug-likeness (QED) is 0.0883. The van der Waals surface area contributed by atoms with E-state index in [-0.39, 0.29) is 12.5 Å². The average molecular weight is 723 g/mol. The third-order valence-electron chi connectivity index (χ3n) is 6.23. The van der Waals surface area contributed by atoms with E-state index in [4.69, 9.17) is 21.1 Å². The fraction of sp³-hybridized carbons (Fsp3) is 0.0909. The van der Waals surface area contributed by atoms with Crippen LogP contribution in [-0.4, -0.2) is 36.2 Å². The fourth-order valence-corrected chi connectivity index (χ4v) is 5.52. The molecule has 13 heteroatoms. The molecule has 0 aliphatic heterocycles. The van der Waals surface area contributed by atoms with Gasteiger partial charge in [-0.2, -0.15) is 5.10 Å². The lowest BCUT2D eigenvalue weighted by molar-refractivity contribution is -0.118. The van der Waals surface area contributed by atoms with E-state index < -0.39 is 11.7 Å². The second kappa shape index (κ2) is 15.5. The molecule has 3 N–H and O–H groups in total. The van der Waals surface area contributed by atoms with E-state index >= 15 is 0 Å². The molecule has 0 saturated heterocycles. The molecule has 0 spiro atoms. The number of ether oxygens (including phenoxy) is 2. The lowest BCUT2D eigenvalue weighted by Crippen LogP contribution is -2.20. The number of hydrogen-bond donors (Lipinski definition) is 3. The van der Waals surface area contributed by atoms with Crippen LogP contribution in [0, 0.1) is 5.82 Å². The van der Waals surface area contributed by atoms with Crippen LogP contribution >= 0.6 is 38.9 Å². The van der Waals surface area contributed by atoms with Gasteiger partial charge in [0.05, 0.1) is 23.0 Å². The minimum atomic E-state index is -0.426. The van der Waals surface area contributed by atoms with Crippen LogP contribution in [-0.2, 0) is 4.79 Å². The molecule has 0 aliphatic carbocycles. The molecule has 0 saturated carbocycles. The number of rotatable bonds is 12. The summed E-state index contributed by atoms with van der Waals surface area (Å²) in [7, 11) is 0. The first-order chi connectivity index (χ1) is 22.3. The molecule has 5 aromatic rings. The van der Waals surface area contributed by atoms with Gasteiger partial charge in [0.2, 0.25) is 0 Å². The molecule has 5 rings (SSSR count). The Kier molecular flexibility index (Phi) is 11.0. The molecule has 46 heavy (non-hydrogen) atoms. The molecular weight excluding hydrogens is 697 g/mol. The number of nitrogens with zero attached hydrogens (tertiary/aromatic N) is 2. The van der Waals surface area contributed by atoms with Crippen molar-refractivity contribution < 1.29 is 23.5 Å². The van der Waals surface area contributed by atoms with Crippen LogP contribution < -0.4 is 25.5 Å². The zero-order chi connectivity index (χ0) is 32.5. The molecule has 0 unspecified atom stereocenters. The van der Waals surface area contributed by atoms with Crippen molar-refractivity contribution in [1.29, 1.82) is 0 Å². The molecule has 4 aromatic carbocycles. The van der Waals surface area contributed by atoms with E-state index in [2.05, 4.69) is 42.1 Å². The number of carbonyl (C=O) groups is 2. The second-order valence-electron chi connectivity index (χ2n) is 9.55. The maximum atomic E-state index is 13.1. The molecule has 234 valence electrons. The van der Waals surface area contributed by atoms with Crippen molar-refractivity contribution in [2.75, 3.05) is 23.8 Å². The summed E-state index contributed by atoms with van der Waals surface area (Å²) in [6.07, 6.45) is 1.47. The van der Waals surface area contributed by atoms with Crippen molar-refractivity contribution in [2.45, 2.75) is 6.92 Å². The Balaban J connectivity index is 1.17. The van der Waals surface area contributed by atoms with Gasteiger partial charge in [-0.25, -0.2) is 14.8 Å². The van der Waals surface area contributed by atoms with E-state index in [9.17, 15) is 14.0 Å². The van der Waals surface area contributed by atoms with Gasteiger partial charge in [-0.3, -0.25) is 9.59 Å². The third-order valence-corrected chi connectivity index (χ3v) is 7.83. The van der Waals surface area contributed by atoms with Crippen molar-refractivity contribution >= 4 is 73.4 Å². The second-order valence-corrected chi connectivity index (χ2v) is 11.7. The molecule has 0 aliphatic rings. The van der Waals surface area contributed by atoms with Gasteiger partial charge in [-0.15, -0.1) is 11.3 Å². The maximum absolute atomic E-state index is 13.1. The van der Waals surface area contributed by atoms with Crippen LogP contribution in [0.25, 0.3) is 11.3 Å². The predicted octanol–water partition coefficient (Wildman–Crippen LogP) is 8.29. The summed E-state index contributed by atoms with van der Waals surface area (Å²) in [6, 6.07) is 23.2. The van der Waals surface area contributed by atoms with Gasteiger partial charge in [0.15, 0.2) is 23.2 Å². The number of anilines is 3. The number of hydrazone groups is 1. The van der Waals surface area contributed by atoms with Gasteiger partial charge in [-0.1, -0.05) is 23.7 Å². The Bertz CT molecular complexity index is 1850. The number of amides is 2. The molecular formula is C33H26BrClFN5O4S. The van der Waals surface area contributed by atoms with Gasteiger partial charge in [0, 0.05) is 32.9 Å². The monoisotopic (exact) mass is 721 g/mol. The van der Waals surface area contributed by atoms with Crippen molar-refractivity contribution in [2.24, 2.45) is 5.10 Å². The van der Waals surface area contributed by atoms with Crippen molar-refractivity contribution in [3.05, 3.63) is 117 Å². The predicted molar refractivity (Wildman–Crippen MR) is 183 cm³/mol. The Morgan fingerprint density at radius 3 is 2.43 bits per heavy atom. The highest BCUT2D eigenvalue weighted by atomic mass is 79.9. The van der Waals surface area contributed by atoms with Crippen LogP contribution in [0.3, 0.4) is 0 Å². The first kappa shape index (κ1) is 32.6. The molecule has 9 nitrogen and oxygen atoms in total. The van der Waals surface area contributed by atoms with Gasteiger partial charge in [0.25, 0.3) is 11.8 Å². The van der Waals surface area contributed by atoms with Gasteiger partial charge >= 0.3 is 0 Å². The van der Waals surface area contributed by atoms with Gasteiger partial charge in [0.1, 0.15) is 5.82 Å². The standard InChI is InChI=1S/C33H26BrClFN5O4S/c1-2-44-29-16-20(15-27(34)31(29)45-18-30(42)38-25-13-9-24(36)10-14-25)17-37-41-32(43)22-5-3-21(4-6-22)28-19-46-33(40-28)39-26-11-7-23(35)8-12-26/h3-17,19H,2,18H2,1H3,(H,38,42)(H,39,40)(H,41,43)/b37-17-. The highest BCUT2D eigenvalue weighted by molar-refractivity contribution is 9.10. The fourth-order valence-electron chi connectivity index (χ4n) is 4.08. The summed E-state index contributed by atoms with van der Waals surface area (Å²) in [6.45, 7) is 1.86. The Labute approximate surface area is 281 Å². The molecule has 0 radical (unpaired) electrons. The van der Waals surface area contributed by atoms with Gasteiger partial charge < -0.3 is 20.1 Å². The number of nitrogens with one attached hydrogen (secondary N) is 3. The largest absolute Gasteiger partial charge is 0.490 e. The molecule has 0 fully saturated rings. The summed E-state index contributed by atoms with van der Waals surface area (Å²) < 4.78 is 25.1. The number of carbonyl (C=O) groups excluding carboxylic acids is 2. The van der Waals surface area contributed by atoms with Gasteiger partial charge in [-0.05, 0) is 101 Å². The smallest absolute Gasteiger partial charge is 0.271 e. The zero-order valence-corrected chi connectivity index (χ0v) is 27.4. The Morgan fingerprint density at radius 1 is 1.00 bits per heavy atom. The molecule has 1 heterocycles. The Morgan fingerprint density at radius 2 is 1.72 bits per heavy atom. The highest BCUT2D eigenvalue weighted by Gasteiger charge is 2.15. The van der Waals surface area contributed by atoms with E-state index in [1.165, 1.54) is 41.8 Å². The van der Waals surface area contributed by atoms with E-state index in [1.807, 2.05) is 36.6 Å². The number of aromatic nitrogens is 1. The lowest BCUT2D eigenvalue weighted by atomic mass is 10.1. The number of hydrogen-bond acceptors (Lipinski definition) is 8. The van der Waals surface area contributed by atoms with E-state index in [0.717, 1.165) is 22.1 Å². The van der Waals surface area contributed by atoms with Crippen LogP contribution in [0.2, 0.25) is 5.02 Å². The van der Waals surface area contributed by atoms with Crippen LogP contribution in [0.15, 0.2) is 99.9 Å². The summed E-state index contributed by atoms with van der Waals surface area (Å²) in [5, 5.41) is 13.3. The Hall–Kier alpha value is -4.78. The zero-order valence-electron chi connectivity index (χ0n) is 24.2. The van der Waals surface area contributed by atoms with E-state index in [1.54, 1.807) is 36.4 Å². The summed E-state index contributed by atoms with van der Waals surface area (Å²) in [5.41, 5.74) is 6.54. The normalized spacial score (nSPS) is 10.9. The highest BCUT2D eigenvalue weighted by Crippen LogP contribution is 2.36. The molecule has 0 bridgehead atoms. The number of benzene rings is 4. The first-order valence-electron chi connectivity index (χ1n) is 13.8. The minimum Gasteiger partial charge on any atom is -0.490 e. The minimum absolute atomic E-state index is 0.303. The third kappa shape index (κ3) is 8.90. The van der Waals surface area contributed by atoms with Crippen molar-refractivity contribution in [3.63, 3.8) is 0 Å². The topological polar surface area (TPSA) is 114 Å². The molecule has 2 amide bonds. The lowest BCUT2D eigenvalue weighted by Gasteiger charge is -2.14. The maximum Gasteiger partial charge on any atom is 0.271 e. The molecule has 0 atom stereocenters. The number of halogens is 3. The van der Waals surface area contributed by atoms with Crippen LogP contribution in [0.4, 0.5) is 20.9 Å². The SMILES string of the molecule is CCOc1cc(/C=N\NC(=O)c2ccc(-c3csc(Nc4ccc(Cl)cc4)n3)cc2)cc(Br)c1OCC(=O)Nc1ccc(F)cc1. The summed E-state index contributed by atoms with van der Waals surface area (Å²) in [4.78, 5) is 29.7. The van der Waals surface area contributed by atoms with Crippen LogP contribution in [0.5, 0.6) is 11.5 Å². The van der Waals surface area contributed by atoms with Crippen molar-refractivity contribution in [3.8, 4) is 22.8 Å².